The molecule has 2 aromatic rings. The third kappa shape index (κ3) is 3.20. The highest BCUT2D eigenvalue weighted by Gasteiger charge is 2.40. The Labute approximate surface area is 133 Å². The molecular weight excluding hydrogens is 296 g/mol. The second-order valence-corrected chi connectivity index (χ2v) is 5.82. The van der Waals surface area contributed by atoms with Crippen molar-refractivity contribution in [2.24, 2.45) is 0 Å². The van der Waals surface area contributed by atoms with Crippen LogP contribution in [-0.4, -0.2) is 58.7 Å². The molecule has 0 aromatic heterocycles. The SMILES string of the molecule is O=C(NC[C@@H]1N[C@H](CO)[C@H](O)[C@@H]1O)c1ccc2ccccc2c1. The molecule has 1 heterocycles. The second kappa shape index (κ2) is 6.64. The third-order valence-corrected chi connectivity index (χ3v) is 4.29. The van der Waals surface area contributed by atoms with E-state index in [0.29, 0.717) is 5.56 Å². The fourth-order valence-corrected chi connectivity index (χ4v) is 2.92. The van der Waals surface area contributed by atoms with Gasteiger partial charge < -0.3 is 26.0 Å². The Kier molecular flexibility index (Phi) is 4.58. The van der Waals surface area contributed by atoms with Crippen LogP contribution in [0.15, 0.2) is 42.5 Å². The maximum atomic E-state index is 12.3. The van der Waals surface area contributed by atoms with E-state index in [1.165, 1.54) is 0 Å². The summed E-state index contributed by atoms with van der Waals surface area (Å²) in [6.45, 7) is -0.103. The van der Waals surface area contributed by atoms with Gasteiger partial charge in [0.1, 0.15) is 0 Å². The van der Waals surface area contributed by atoms with Crippen molar-refractivity contribution in [2.45, 2.75) is 24.3 Å². The van der Waals surface area contributed by atoms with Crippen LogP contribution in [0.4, 0.5) is 0 Å². The van der Waals surface area contributed by atoms with Gasteiger partial charge in [-0.3, -0.25) is 4.79 Å². The summed E-state index contributed by atoms with van der Waals surface area (Å²) < 4.78 is 0. The zero-order valence-corrected chi connectivity index (χ0v) is 12.5. The molecule has 1 saturated heterocycles. The molecule has 6 heteroatoms. The molecule has 1 amide bonds. The number of carbonyl (C=O) groups is 1. The summed E-state index contributed by atoms with van der Waals surface area (Å²) in [6.07, 6.45) is -2.06. The average molecular weight is 316 g/mol. The lowest BCUT2D eigenvalue weighted by molar-refractivity contribution is 0.0197. The van der Waals surface area contributed by atoms with Crippen molar-refractivity contribution in [3.05, 3.63) is 48.0 Å². The number of amides is 1. The maximum Gasteiger partial charge on any atom is 0.251 e. The van der Waals surface area contributed by atoms with Crippen molar-refractivity contribution in [3.8, 4) is 0 Å². The molecule has 1 aliphatic heterocycles. The van der Waals surface area contributed by atoms with Crippen LogP contribution in [0, 0.1) is 0 Å². The lowest BCUT2D eigenvalue weighted by Crippen LogP contribution is -2.44. The first-order valence-corrected chi connectivity index (χ1v) is 7.60. The van der Waals surface area contributed by atoms with Gasteiger partial charge in [0.2, 0.25) is 0 Å². The number of carbonyl (C=O) groups excluding carboxylic acids is 1. The number of nitrogens with one attached hydrogen (secondary N) is 2. The molecule has 1 fully saturated rings. The number of benzene rings is 2. The first-order chi connectivity index (χ1) is 11.1. The summed E-state index contributed by atoms with van der Waals surface area (Å²) in [7, 11) is 0. The van der Waals surface area contributed by atoms with Gasteiger partial charge in [-0.05, 0) is 22.9 Å². The van der Waals surface area contributed by atoms with E-state index in [0.717, 1.165) is 10.8 Å². The molecule has 3 rings (SSSR count). The van der Waals surface area contributed by atoms with Crippen molar-refractivity contribution in [1.29, 1.82) is 0 Å². The predicted octanol–water partition coefficient (Wildman–Crippen LogP) is -0.376. The highest BCUT2D eigenvalue weighted by atomic mass is 16.3. The molecular formula is C17H20N2O4. The zero-order chi connectivity index (χ0) is 16.4. The van der Waals surface area contributed by atoms with E-state index in [1.54, 1.807) is 6.07 Å². The van der Waals surface area contributed by atoms with Crippen LogP contribution in [0.25, 0.3) is 10.8 Å². The van der Waals surface area contributed by atoms with Crippen molar-refractivity contribution in [2.75, 3.05) is 13.2 Å². The number of hydrogen-bond donors (Lipinski definition) is 5. The minimum absolute atomic E-state index is 0.167. The van der Waals surface area contributed by atoms with E-state index in [-0.39, 0.29) is 19.1 Å². The summed E-state index contributed by atoms with van der Waals surface area (Å²) in [5.41, 5.74) is 0.537. The van der Waals surface area contributed by atoms with Crippen molar-refractivity contribution >= 4 is 16.7 Å². The standard InChI is InChI=1S/C17H20N2O4/c20-9-14-16(22)15(21)13(19-14)8-18-17(23)12-6-5-10-3-1-2-4-11(10)7-12/h1-7,13-16,19-22H,8-9H2,(H,18,23)/t13-,14+,15+,16-/m0/s1. The van der Waals surface area contributed by atoms with E-state index in [4.69, 9.17) is 5.11 Å². The normalized spacial score (nSPS) is 27.3. The van der Waals surface area contributed by atoms with Crippen molar-refractivity contribution in [1.82, 2.24) is 10.6 Å². The molecule has 122 valence electrons. The fraction of sp³-hybridized carbons (Fsp3) is 0.353. The maximum absolute atomic E-state index is 12.3. The summed E-state index contributed by atoms with van der Waals surface area (Å²) in [6, 6.07) is 12.2. The number of hydrogen-bond acceptors (Lipinski definition) is 5. The minimum atomic E-state index is -1.04. The predicted molar refractivity (Wildman–Crippen MR) is 86.1 cm³/mol. The van der Waals surface area contributed by atoms with Gasteiger partial charge in [-0.2, -0.15) is 0 Å². The van der Waals surface area contributed by atoms with E-state index in [9.17, 15) is 15.0 Å². The molecule has 0 aliphatic carbocycles. The molecule has 0 spiro atoms. The summed E-state index contributed by atoms with van der Waals surface area (Å²) in [4.78, 5) is 12.3. The first kappa shape index (κ1) is 15.9. The van der Waals surface area contributed by atoms with Crippen LogP contribution in [0.1, 0.15) is 10.4 Å². The molecule has 23 heavy (non-hydrogen) atoms. The van der Waals surface area contributed by atoms with Gasteiger partial charge in [0, 0.05) is 12.1 Å². The Balaban J connectivity index is 1.65. The Morgan fingerprint density at radius 2 is 1.74 bits per heavy atom. The van der Waals surface area contributed by atoms with Crippen LogP contribution in [-0.2, 0) is 0 Å². The molecule has 4 atom stereocenters. The quantitative estimate of drug-likeness (QED) is 0.529. The molecule has 5 N–H and O–H groups in total. The molecule has 0 bridgehead atoms. The summed E-state index contributed by atoms with van der Waals surface area (Å²) in [5.74, 6) is -0.244. The number of aliphatic hydroxyl groups excluding tert-OH is 3. The number of rotatable bonds is 4. The molecule has 2 aromatic carbocycles. The molecule has 0 unspecified atom stereocenters. The van der Waals surface area contributed by atoms with E-state index < -0.39 is 24.3 Å². The van der Waals surface area contributed by atoms with Gasteiger partial charge in [-0.25, -0.2) is 0 Å². The molecule has 0 saturated carbocycles. The minimum Gasteiger partial charge on any atom is -0.395 e. The largest absolute Gasteiger partial charge is 0.395 e. The van der Waals surface area contributed by atoms with Gasteiger partial charge in [-0.1, -0.05) is 30.3 Å². The average Bonchev–Trinajstić information content (AvgIpc) is 2.87. The topological polar surface area (TPSA) is 102 Å². The summed E-state index contributed by atoms with van der Waals surface area (Å²) in [5, 5.41) is 36.5. The Morgan fingerprint density at radius 3 is 2.43 bits per heavy atom. The monoisotopic (exact) mass is 316 g/mol. The zero-order valence-electron chi connectivity index (χ0n) is 12.5. The van der Waals surface area contributed by atoms with Crippen molar-refractivity contribution in [3.63, 3.8) is 0 Å². The first-order valence-electron chi connectivity index (χ1n) is 7.60. The Morgan fingerprint density at radius 1 is 1.04 bits per heavy atom. The summed E-state index contributed by atoms with van der Waals surface area (Å²) >= 11 is 0. The van der Waals surface area contributed by atoms with E-state index in [1.807, 2.05) is 36.4 Å². The highest BCUT2D eigenvalue weighted by molar-refractivity contribution is 5.98. The Hall–Kier alpha value is -1.99. The lowest BCUT2D eigenvalue weighted by atomic mass is 10.1. The third-order valence-electron chi connectivity index (χ3n) is 4.29. The van der Waals surface area contributed by atoms with Gasteiger partial charge in [0.25, 0.3) is 5.91 Å². The Bertz CT molecular complexity index is 706. The van der Waals surface area contributed by atoms with Gasteiger partial charge in [0.15, 0.2) is 0 Å². The van der Waals surface area contributed by atoms with Crippen LogP contribution in [0.5, 0.6) is 0 Å². The molecule has 0 radical (unpaired) electrons. The van der Waals surface area contributed by atoms with Gasteiger partial charge in [-0.15, -0.1) is 0 Å². The van der Waals surface area contributed by atoms with Crippen LogP contribution in [0.3, 0.4) is 0 Å². The van der Waals surface area contributed by atoms with Crippen LogP contribution >= 0.6 is 0 Å². The molecule has 1 aliphatic rings. The second-order valence-electron chi connectivity index (χ2n) is 5.82. The highest BCUT2D eigenvalue weighted by Crippen LogP contribution is 2.16. The number of fused-ring (bicyclic) bond motifs is 1. The number of aliphatic hydroxyl groups is 3. The smallest absolute Gasteiger partial charge is 0.251 e. The van der Waals surface area contributed by atoms with Gasteiger partial charge in [0.05, 0.1) is 30.9 Å². The van der Waals surface area contributed by atoms with Crippen LogP contribution < -0.4 is 10.6 Å². The van der Waals surface area contributed by atoms with E-state index in [2.05, 4.69) is 10.6 Å². The fourth-order valence-electron chi connectivity index (χ4n) is 2.92. The van der Waals surface area contributed by atoms with Crippen LogP contribution in [0.2, 0.25) is 0 Å². The molecule has 6 nitrogen and oxygen atoms in total. The van der Waals surface area contributed by atoms with Gasteiger partial charge >= 0.3 is 0 Å². The van der Waals surface area contributed by atoms with E-state index >= 15 is 0 Å². The van der Waals surface area contributed by atoms with Crippen molar-refractivity contribution < 1.29 is 20.1 Å². The lowest BCUT2D eigenvalue weighted by Gasteiger charge is -2.16.